The van der Waals surface area contributed by atoms with Gasteiger partial charge in [-0.2, -0.15) is 0 Å². The Bertz CT molecular complexity index is 1350. The predicted molar refractivity (Wildman–Crippen MR) is 142 cm³/mol. The van der Waals surface area contributed by atoms with Crippen LogP contribution in [0.3, 0.4) is 0 Å². The van der Waals surface area contributed by atoms with Gasteiger partial charge in [0, 0.05) is 29.0 Å². The van der Waals surface area contributed by atoms with E-state index in [-0.39, 0.29) is 30.1 Å². The number of sulfone groups is 1. The second-order valence-electron chi connectivity index (χ2n) is 8.02. The van der Waals surface area contributed by atoms with Crippen molar-refractivity contribution in [3.8, 4) is 33.5 Å². The van der Waals surface area contributed by atoms with E-state index in [0.717, 1.165) is 21.6 Å². The number of nitrogens with zero attached hydrogens (tertiary/aromatic N) is 1. The maximum Gasteiger partial charge on any atom is 0.265 e. The highest BCUT2D eigenvalue weighted by atomic mass is 35.5. The van der Waals surface area contributed by atoms with Crippen molar-refractivity contribution in [2.45, 2.75) is 29.4 Å². The summed E-state index contributed by atoms with van der Waals surface area (Å²) in [6.45, 7) is 2.33. The SMILES string of the molecule is CC#CN1CCC(C(=O)NO)(S(=O)(=O)c2ccc(-c3cc(-c4ccc(Cl)cc4)cs3)cc2)CC1.Cl. The fourth-order valence-corrected chi connectivity index (χ4v) is 7.17. The fourth-order valence-electron chi connectivity index (χ4n) is 4.16. The molecule has 0 radical (unpaired) electrons. The molecule has 1 amide bonds. The number of halogens is 2. The van der Waals surface area contributed by atoms with Gasteiger partial charge in [-0.1, -0.05) is 41.8 Å². The number of nitrogens with one attached hydrogen (secondary N) is 1. The Morgan fingerprint density at radius 2 is 1.66 bits per heavy atom. The summed E-state index contributed by atoms with van der Waals surface area (Å²) in [5.41, 5.74) is 4.54. The molecule has 0 spiro atoms. The van der Waals surface area contributed by atoms with Crippen LogP contribution in [0.2, 0.25) is 5.02 Å². The lowest BCUT2D eigenvalue weighted by Crippen LogP contribution is -2.57. The van der Waals surface area contributed by atoms with Crippen LogP contribution >= 0.6 is 35.3 Å². The molecule has 1 aliphatic rings. The number of piperidine rings is 1. The second kappa shape index (κ2) is 11.0. The first-order chi connectivity index (χ1) is 16.3. The standard InChI is InChI=1S/C25H23ClN2O4S2.ClH/c1-2-13-28-14-11-25(12-15-28,24(29)27-30)34(31,32)22-9-5-19(6-10-22)23-16-20(17-33-23)18-3-7-21(26)8-4-18;/h3-10,16-17,30H,11-12,14-15H2,1H3,(H,27,29);1H. The number of likely N-dealkylation sites (tertiary alicyclic amines) is 1. The molecule has 0 aliphatic carbocycles. The number of thiophene rings is 1. The molecule has 1 aliphatic heterocycles. The molecule has 1 saturated heterocycles. The lowest BCUT2D eigenvalue weighted by Gasteiger charge is -2.38. The third-order valence-electron chi connectivity index (χ3n) is 6.10. The van der Waals surface area contributed by atoms with Crippen LogP contribution in [0.5, 0.6) is 0 Å². The highest BCUT2D eigenvalue weighted by Crippen LogP contribution is 2.38. The average Bonchev–Trinajstić information content (AvgIpc) is 3.35. The first kappa shape index (κ1) is 27.1. The summed E-state index contributed by atoms with van der Waals surface area (Å²) in [6.07, 6.45) is 0.0705. The van der Waals surface area contributed by atoms with Crippen LogP contribution in [-0.2, 0) is 14.6 Å². The van der Waals surface area contributed by atoms with Gasteiger partial charge in [0.05, 0.1) is 4.90 Å². The maximum atomic E-state index is 13.6. The van der Waals surface area contributed by atoms with E-state index in [9.17, 15) is 18.4 Å². The van der Waals surface area contributed by atoms with Crippen LogP contribution < -0.4 is 5.48 Å². The number of amides is 1. The summed E-state index contributed by atoms with van der Waals surface area (Å²) >= 11 is 7.53. The van der Waals surface area contributed by atoms with E-state index < -0.39 is 20.5 Å². The minimum absolute atomic E-state index is 0. The molecule has 0 atom stereocenters. The molecule has 0 bridgehead atoms. The fraction of sp³-hybridized carbons (Fsp3) is 0.240. The molecular formula is C25H24Cl2N2O4S2. The number of hydrogen-bond donors (Lipinski definition) is 2. The van der Waals surface area contributed by atoms with Gasteiger partial charge in [0.15, 0.2) is 14.6 Å². The smallest absolute Gasteiger partial charge is 0.265 e. The summed E-state index contributed by atoms with van der Waals surface area (Å²) in [5, 5.41) is 12.0. The quantitative estimate of drug-likeness (QED) is 0.257. The molecule has 6 nitrogen and oxygen atoms in total. The van der Waals surface area contributed by atoms with Crippen molar-refractivity contribution in [2.75, 3.05) is 13.1 Å². The largest absolute Gasteiger partial charge is 0.333 e. The van der Waals surface area contributed by atoms with Gasteiger partial charge in [-0.15, -0.1) is 23.7 Å². The molecule has 10 heteroatoms. The number of benzene rings is 2. The number of rotatable bonds is 5. The third kappa shape index (κ3) is 5.20. The molecule has 0 unspecified atom stereocenters. The van der Waals surface area contributed by atoms with Crippen molar-refractivity contribution in [2.24, 2.45) is 0 Å². The zero-order valence-electron chi connectivity index (χ0n) is 18.8. The Balaban J connectivity index is 0.00000342. The Morgan fingerprint density at radius 3 is 2.23 bits per heavy atom. The molecular weight excluding hydrogens is 527 g/mol. The van der Waals surface area contributed by atoms with E-state index in [1.54, 1.807) is 40.8 Å². The van der Waals surface area contributed by atoms with Gasteiger partial charge >= 0.3 is 0 Å². The van der Waals surface area contributed by atoms with Crippen LogP contribution in [-0.4, -0.2) is 42.3 Å². The van der Waals surface area contributed by atoms with Gasteiger partial charge in [-0.3, -0.25) is 10.0 Å². The summed E-state index contributed by atoms with van der Waals surface area (Å²) in [6, 6.07) is 19.1. The number of carbonyl (C=O) groups excluding carboxylic acids is 1. The Hall–Kier alpha value is -2.54. The van der Waals surface area contributed by atoms with Crippen LogP contribution in [0.1, 0.15) is 19.8 Å². The zero-order chi connectivity index (χ0) is 24.3. The third-order valence-corrected chi connectivity index (χ3v) is 9.84. The lowest BCUT2D eigenvalue weighted by atomic mass is 9.95. The van der Waals surface area contributed by atoms with Crippen molar-refractivity contribution in [1.29, 1.82) is 0 Å². The van der Waals surface area contributed by atoms with Gasteiger partial charge in [0.1, 0.15) is 0 Å². The van der Waals surface area contributed by atoms with E-state index in [4.69, 9.17) is 11.6 Å². The highest BCUT2D eigenvalue weighted by molar-refractivity contribution is 7.93. The summed E-state index contributed by atoms with van der Waals surface area (Å²) in [7, 11) is -4.07. The molecule has 2 N–H and O–H groups in total. The van der Waals surface area contributed by atoms with Gasteiger partial charge in [0.25, 0.3) is 5.91 Å². The van der Waals surface area contributed by atoms with Crippen molar-refractivity contribution in [3.05, 3.63) is 65.0 Å². The molecule has 1 aromatic heterocycles. The van der Waals surface area contributed by atoms with Gasteiger partial charge < -0.3 is 4.90 Å². The van der Waals surface area contributed by atoms with Crippen molar-refractivity contribution in [1.82, 2.24) is 10.4 Å². The minimum atomic E-state index is -4.07. The maximum absolute atomic E-state index is 13.6. The Kier molecular flexibility index (Phi) is 8.52. The van der Waals surface area contributed by atoms with E-state index >= 15 is 0 Å². The molecule has 35 heavy (non-hydrogen) atoms. The average molecular weight is 552 g/mol. The van der Waals surface area contributed by atoms with Crippen molar-refractivity contribution >= 4 is 51.1 Å². The normalized spacial score (nSPS) is 14.9. The van der Waals surface area contributed by atoms with Crippen LogP contribution in [0.4, 0.5) is 0 Å². The number of hydrogen-bond acceptors (Lipinski definition) is 6. The number of carbonyl (C=O) groups is 1. The zero-order valence-corrected chi connectivity index (χ0v) is 22.0. The molecule has 4 rings (SSSR count). The van der Waals surface area contributed by atoms with E-state index in [1.807, 2.05) is 35.7 Å². The van der Waals surface area contributed by atoms with E-state index in [1.165, 1.54) is 12.1 Å². The summed E-state index contributed by atoms with van der Waals surface area (Å²) in [5.74, 6) is 1.88. The molecule has 1 fully saturated rings. The molecule has 3 aromatic rings. The summed E-state index contributed by atoms with van der Waals surface area (Å²) in [4.78, 5) is 15.4. The van der Waals surface area contributed by atoms with Crippen molar-refractivity contribution in [3.63, 3.8) is 0 Å². The first-order valence-electron chi connectivity index (χ1n) is 10.6. The highest BCUT2D eigenvalue weighted by Gasteiger charge is 2.52. The lowest BCUT2D eigenvalue weighted by molar-refractivity contribution is -0.133. The second-order valence-corrected chi connectivity index (χ2v) is 11.6. The van der Waals surface area contributed by atoms with Crippen LogP contribution in [0, 0.1) is 12.0 Å². The topological polar surface area (TPSA) is 86.7 Å². The number of hydroxylamine groups is 1. The molecule has 184 valence electrons. The Labute approximate surface area is 220 Å². The van der Waals surface area contributed by atoms with E-state index in [0.29, 0.717) is 18.1 Å². The molecule has 2 aromatic carbocycles. The van der Waals surface area contributed by atoms with Crippen LogP contribution in [0.15, 0.2) is 64.9 Å². The molecule has 0 saturated carbocycles. The van der Waals surface area contributed by atoms with Gasteiger partial charge in [-0.25, -0.2) is 13.9 Å². The van der Waals surface area contributed by atoms with Crippen molar-refractivity contribution < 1.29 is 18.4 Å². The van der Waals surface area contributed by atoms with E-state index in [2.05, 4.69) is 12.0 Å². The van der Waals surface area contributed by atoms with Gasteiger partial charge in [-0.05, 0) is 72.2 Å². The Morgan fingerprint density at radius 1 is 1.06 bits per heavy atom. The predicted octanol–water partition coefficient (Wildman–Crippen LogP) is 5.25. The molecule has 2 heterocycles. The minimum Gasteiger partial charge on any atom is -0.333 e. The van der Waals surface area contributed by atoms with Gasteiger partial charge in [0.2, 0.25) is 0 Å². The van der Waals surface area contributed by atoms with Crippen LogP contribution in [0.25, 0.3) is 21.6 Å². The first-order valence-corrected chi connectivity index (χ1v) is 13.4. The summed E-state index contributed by atoms with van der Waals surface area (Å²) < 4.78 is 25.5. The monoisotopic (exact) mass is 550 g/mol.